The number of nitro groups is 1. The van der Waals surface area contributed by atoms with Crippen molar-refractivity contribution >= 4 is 51.5 Å². The fourth-order valence-electron chi connectivity index (χ4n) is 3.17. The Bertz CT molecular complexity index is 1250. The largest absolute Gasteiger partial charge is 0.382 e. The summed E-state index contributed by atoms with van der Waals surface area (Å²) >= 11 is 7.20. The molecule has 0 atom stereocenters. The molecule has 0 aliphatic carbocycles. The highest BCUT2D eigenvalue weighted by molar-refractivity contribution is 7.99. The van der Waals surface area contributed by atoms with Crippen molar-refractivity contribution < 1.29 is 14.5 Å². The van der Waals surface area contributed by atoms with Gasteiger partial charge in [-0.2, -0.15) is 0 Å². The van der Waals surface area contributed by atoms with Crippen LogP contribution < -0.4 is 10.9 Å². The molecule has 1 aromatic heterocycles. The van der Waals surface area contributed by atoms with E-state index in [0.717, 1.165) is 11.8 Å². The van der Waals surface area contributed by atoms with Gasteiger partial charge < -0.3 is 10.1 Å². The van der Waals surface area contributed by atoms with Crippen LogP contribution in [0, 0.1) is 17.0 Å². The van der Waals surface area contributed by atoms with Gasteiger partial charge >= 0.3 is 0 Å². The second-order valence-corrected chi connectivity index (χ2v) is 8.54. The molecule has 0 aliphatic heterocycles. The predicted octanol–water partition coefficient (Wildman–Crippen LogP) is 4.42. The van der Waals surface area contributed by atoms with E-state index in [1.807, 2.05) is 6.92 Å². The molecule has 0 fully saturated rings. The van der Waals surface area contributed by atoms with Gasteiger partial charge in [0.05, 0.1) is 21.6 Å². The number of benzene rings is 2. The number of thioether (sulfide) groups is 1. The Kier molecular flexibility index (Phi) is 8.43. The van der Waals surface area contributed by atoms with Gasteiger partial charge in [-0.05, 0) is 50.1 Å². The van der Waals surface area contributed by atoms with Crippen molar-refractivity contribution in [2.45, 2.75) is 32.0 Å². The summed E-state index contributed by atoms with van der Waals surface area (Å²) in [5.74, 6) is -0.321. The number of nitrogens with one attached hydrogen (secondary N) is 1. The summed E-state index contributed by atoms with van der Waals surface area (Å²) in [6.45, 7) is 5.08. The molecule has 11 heteroatoms. The summed E-state index contributed by atoms with van der Waals surface area (Å²) < 4.78 is 6.92. The molecule has 1 heterocycles. The molecule has 3 rings (SSSR count). The molecule has 0 saturated heterocycles. The molecule has 2 aromatic carbocycles. The Labute approximate surface area is 199 Å². The van der Waals surface area contributed by atoms with Gasteiger partial charge in [0, 0.05) is 42.6 Å². The number of hydrogen-bond acceptors (Lipinski definition) is 7. The van der Waals surface area contributed by atoms with Gasteiger partial charge in [-0.3, -0.25) is 24.3 Å². The van der Waals surface area contributed by atoms with Crippen LogP contribution in [0.15, 0.2) is 46.3 Å². The van der Waals surface area contributed by atoms with Crippen LogP contribution >= 0.6 is 23.4 Å². The van der Waals surface area contributed by atoms with E-state index in [1.165, 1.54) is 18.2 Å². The molecule has 1 amide bonds. The standard InChI is InChI=1S/C22H23ClN4O5S/c1-3-32-10-4-9-26-21(29)17-7-5-15(23)12-19(17)25-22(26)33-13-20(28)24-18-8-6-16(27(30)31)11-14(18)2/h5-8,11-12H,3-4,9-10,13H2,1-2H3,(H,24,28). The van der Waals surface area contributed by atoms with Crippen LogP contribution in [-0.2, 0) is 16.1 Å². The number of rotatable bonds is 10. The minimum atomic E-state index is -0.489. The van der Waals surface area contributed by atoms with Crippen molar-refractivity contribution in [1.29, 1.82) is 0 Å². The molecule has 0 bridgehead atoms. The summed E-state index contributed by atoms with van der Waals surface area (Å²) in [7, 11) is 0. The number of anilines is 1. The molecule has 33 heavy (non-hydrogen) atoms. The van der Waals surface area contributed by atoms with Crippen LogP contribution in [-0.4, -0.2) is 39.3 Å². The van der Waals surface area contributed by atoms with Gasteiger partial charge in [-0.25, -0.2) is 4.98 Å². The monoisotopic (exact) mass is 490 g/mol. The van der Waals surface area contributed by atoms with Crippen molar-refractivity contribution in [2.24, 2.45) is 0 Å². The normalized spacial score (nSPS) is 11.0. The fourth-order valence-corrected chi connectivity index (χ4v) is 4.16. The van der Waals surface area contributed by atoms with Crippen LogP contribution in [0.3, 0.4) is 0 Å². The maximum Gasteiger partial charge on any atom is 0.269 e. The van der Waals surface area contributed by atoms with Gasteiger partial charge in [0.1, 0.15) is 0 Å². The van der Waals surface area contributed by atoms with Crippen molar-refractivity contribution in [1.82, 2.24) is 9.55 Å². The van der Waals surface area contributed by atoms with Gasteiger partial charge in [0.25, 0.3) is 11.2 Å². The quantitative estimate of drug-likeness (QED) is 0.147. The predicted molar refractivity (Wildman–Crippen MR) is 129 cm³/mol. The molecule has 0 aliphatic rings. The Morgan fingerprint density at radius 1 is 1.30 bits per heavy atom. The minimum Gasteiger partial charge on any atom is -0.382 e. The zero-order valence-electron chi connectivity index (χ0n) is 18.2. The second-order valence-electron chi connectivity index (χ2n) is 7.16. The third-order valence-corrected chi connectivity index (χ3v) is 6.00. The molecule has 9 nitrogen and oxygen atoms in total. The Hall–Kier alpha value is -2.95. The molecule has 0 saturated carbocycles. The number of nitrogens with zero attached hydrogens (tertiary/aromatic N) is 3. The zero-order chi connectivity index (χ0) is 24.0. The number of nitro benzene ring substituents is 1. The second kappa shape index (κ2) is 11.3. The zero-order valence-corrected chi connectivity index (χ0v) is 19.7. The Morgan fingerprint density at radius 2 is 2.09 bits per heavy atom. The average molecular weight is 491 g/mol. The molecule has 0 spiro atoms. The summed E-state index contributed by atoms with van der Waals surface area (Å²) in [6, 6.07) is 9.13. The van der Waals surface area contributed by atoms with Gasteiger partial charge in [-0.15, -0.1) is 0 Å². The van der Waals surface area contributed by atoms with E-state index in [-0.39, 0.29) is 22.9 Å². The number of ether oxygens (including phenoxy) is 1. The van der Waals surface area contributed by atoms with E-state index in [2.05, 4.69) is 10.3 Å². The molecule has 174 valence electrons. The summed E-state index contributed by atoms with van der Waals surface area (Å²) in [5.41, 5.74) is 1.27. The molecular weight excluding hydrogens is 468 g/mol. The molecule has 0 radical (unpaired) electrons. The fraction of sp³-hybridized carbons (Fsp3) is 0.318. The van der Waals surface area contributed by atoms with Crippen molar-refractivity contribution in [2.75, 3.05) is 24.3 Å². The number of halogens is 1. The minimum absolute atomic E-state index is 0.000397. The molecule has 3 aromatic rings. The summed E-state index contributed by atoms with van der Waals surface area (Å²) in [4.78, 5) is 40.6. The number of aryl methyl sites for hydroxylation is 1. The SMILES string of the molecule is CCOCCCn1c(SCC(=O)Nc2ccc([N+](=O)[O-])cc2C)nc2cc(Cl)ccc2c1=O. The van der Waals surface area contributed by atoms with Crippen LogP contribution in [0.4, 0.5) is 11.4 Å². The smallest absolute Gasteiger partial charge is 0.269 e. The van der Waals surface area contributed by atoms with E-state index >= 15 is 0 Å². The van der Waals surface area contributed by atoms with Crippen LogP contribution in [0.2, 0.25) is 5.02 Å². The highest BCUT2D eigenvalue weighted by Gasteiger charge is 2.15. The lowest BCUT2D eigenvalue weighted by Gasteiger charge is -2.13. The van der Waals surface area contributed by atoms with Crippen molar-refractivity contribution in [3.8, 4) is 0 Å². The van der Waals surface area contributed by atoms with Gasteiger partial charge in [0.15, 0.2) is 5.16 Å². The number of hydrogen-bond donors (Lipinski definition) is 1. The maximum atomic E-state index is 13.1. The van der Waals surface area contributed by atoms with E-state index in [9.17, 15) is 19.7 Å². The molecular formula is C22H23ClN4O5S. The number of carbonyl (C=O) groups is 1. The van der Waals surface area contributed by atoms with Gasteiger partial charge in [-0.1, -0.05) is 23.4 Å². The first-order valence-corrected chi connectivity index (χ1v) is 11.6. The Balaban J connectivity index is 1.79. The van der Waals surface area contributed by atoms with E-state index < -0.39 is 4.92 Å². The van der Waals surface area contributed by atoms with E-state index in [1.54, 1.807) is 29.7 Å². The highest BCUT2D eigenvalue weighted by atomic mass is 35.5. The summed E-state index contributed by atoms with van der Waals surface area (Å²) in [6.07, 6.45) is 0.621. The number of non-ortho nitro benzene ring substituents is 1. The molecule has 0 unspecified atom stereocenters. The molecule has 1 N–H and O–H groups in total. The van der Waals surface area contributed by atoms with Crippen LogP contribution in [0.1, 0.15) is 18.9 Å². The first kappa shape index (κ1) is 24.7. The number of carbonyl (C=O) groups excluding carboxylic acids is 1. The van der Waals surface area contributed by atoms with E-state index in [0.29, 0.717) is 58.5 Å². The third kappa shape index (κ3) is 6.31. The van der Waals surface area contributed by atoms with Crippen molar-refractivity contribution in [3.63, 3.8) is 0 Å². The van der Waals surface area contributed by atoms with Crippen LogP contribution in [0.5, 0.6) is 0 Å². The lowest BCUT2D eigenvalue weighted by atomic mass is 10.2. The lowest BCUT2D eigenvalue weighted by molar-refractivity contribution is -0.384. The lowest BCUT2D eigenvalue weighted by Crippen LogP contribution is -2.25. The van der Waals surface area contributed by atoms with E-state index in [4.69, 9.17) is 16.3 Å². The van der Waals surface area contributed by atoms with Crippen LogP contribution in [0.25, 0.3) is 10.9 Å². The maximum absolute atomic E-state index is 13.1. The average Bonchev–Trinajstić information content (AvgIpc) is 2.77. The first-order valence-electron chi connectivity index (χ1n) is 10.3. The summed E-state index contributed by atoms with van der Waals surface area (Å²) in [5, 5.41) is 15.0. The number of aromatic nitrogens is 2. The van der Waals surface area contributed by atoms with Gasteiger partial charge in [0.2, 0.25) is 5.91 Å². The highest BCUT2D eigenvalue weighted by Crippen LogP contribution is 2.23. The third-order valence-electron chi connectivity index (χ3n) is 4.78. The number of amides is 1. The Morgan fingerprint density at radius 3 is 2.79 bits per heavy atom. The number of fused-ring (bicyclic) bond motifs is 1. The first-order chi connectivity index (χ1) is 15.8. The topological polar surface area (TPSA) is 116 Å². The van der Waals surface area contributed by atoms with Crippen molar-refractivity contribution in [3.05, 3.63) is 67.5 Å².